The van der Waals surface area contributed by atoms with Crippen LogP contribution in [-0.4, -0.2) is 17.1 Å². The van der Waals surface area contributed by atoms with Crippen LogP contribution in [-0.2, 0) is 17.6 Å². The number of aliphatic hydroxyl groups is 1. The number of aliphatic hydroxyl groups excluding tert-OH is 1. The fourth-order valence-electron chi connectivity index (χ4n) is 3.48. The normalized spacial score (nSPS) is 24.2. The number of hydrogen-bond acceptors (Lipinski definition) is 3. The van der Waals surface area contributed by atoms with Crippen LogP contribution in [0.5, 0.6) is 0 Å². The molecule has 1 heterocycles. The molecule has 0 bridgehead atoms. The molecule has 0 radical (unpaired) electrons. The molecule has 0 spiro atoms. The Balaban J connectivity index is 1.71. The smallest absolute Gasteiger partial charge is 0.256 e. The van der Waals surface area contributed by atoms with Crippen LogP contribution in [0.4, 0.5) is 11.4 Å². The largest absolute Gasteiger partial charge is 0.399 e. The van der Waals surface area contributed by atoms with Gasteiger partial charge in [-0.3, -0.25) is 4.79 Å². The van der Waals surface area contributed by atoms with Crippen molar-refractivity contribution < 1.29 is 9.90 Å². The van der Waals surface area contributed by atoms with E-state index in [1.807, 2.05) is 30.3 Å². The van der Waals surface area contributed by atoms with E-state index >= 15 is 0 Å². The zero-order chi connectivity index (χ0) is 16.0. The summed E-state index contributed by atoms with van der Waals surface area (Å²) in [4.78, 5) is 12.3. The van der Waals surface area contributed by atoms with Gasteiger partial charge in [-0.2, -0.15) is 0 Å². The minimum Gasteiger partial charge on any atom is -0.399 e. The third kappa shape index (κ3) is 2.41. The van der Waals surface area contributed by atoms with Gasteiger partial charge in [0.1, 0.15) is 0 Å². The van der Waals surface area contributed by atoms with Gasteiger partial charge >= 0.3 is 0 Å². The molecular weight excluding hydrogens is 288 g/mol. The molecule has 116 valence electrons. The molecule has 4 heteroatoms. The number of carbonyl (C=O) groups excluding carboxylic acids is 1. The van der Waals surface area contributed by atoms with Gasteiger partial charge in [0, 0.05) is 28.4 Å². The fourth-order valence-corrected chi connectivity index (χ4v) is 3.48. The van der Waals surface area contributed by atoms with E-state index in [1.54, 1.807) is 6.07 Å². The van der Waals surface area contributed by atoms with Gasteiger partial charge in [0.2, 0.25) is 0 Å². The highest BCUT2D eigenvalue weighted by atomic mass is 16.3. The number of rotatable bonds is 1. The lowest BCUT2D eigenvalue weighted by Gasteiger charge is -2.28. The average molecular weight is 306 g/mol. The zero-order valence-corrected chi connectivity index (χ0v) is 12.6. The molecule has 2 aromatic carbocycles. The van der Waals surface area contributed by atoms with Crippen LogP contribution < -0.4 is 11.1 Å². The van der Waals surface area contributed by atoms with E-state index in [0.29, 0.717) is 17.7 Å². The summed E-state index contributed by atoms with van der Waals surface area (Å²) in [6, 6.07) is 13.5. The summed E-state index contributed by atoms with van der Waals surface area (Å²) >= 11 is 0. The standard InChI is InChI=1S/C19H18N2O2/c20-14-5-6-17-15(10-14)16(19(23)21-17)8-13-7-11-3-1-2-4-12(11)9-18(13)22/h1-6,8,10,13,18,22H,7,9,20H2,(H,21,23). The monoisotopic (exact) mass is 306 g/mol. The van der Waals surface area contributed by atoms with Crippen molar-refractivity contribution in [2.45, 2.75) is 18.9 Å². The molecule has 2 aliphatic rings. The first-order chi connectivity index (χ1) is 11.1. The molecule has 1 aliphatic carbocycles. The Hall–Kier alpha value is -2.59. The minimum atomic E-state index is -0.477. The van der Waals surface area contributed by atoms with Crippen LogP contribution in [0.25, 0.3) is 5.57 Å². The number of anilines is 2. The number of nitrogen functional groups attached to an aromatic ring is 1. The maximum Gasteiger partial charge on any atom is 0.256 e. The maximum atomic E-state index is 12.3. The molecule has 4 N–H and O–H groups in total. The summed E-state index contributed by atoms with van der Waals surface area (Å²) in [6.45, 7) is 0. The highest BCUT2D eigenvalue weighted by Crippen LogP contribution is 2.36. The first-order valence-electron chi connectivity index (χ1n) is 7.80. The lowest BCUT2D eigenvalue weighted by Crippen LogP contribution is -2.29. The first-order valence-corrected chi connectivity index (χ1v) is 7.80. The third-order valence-corrected chi connectivity index (χ3v) is 4.70. The predicted octanol–water partition coefficient (Wildman–Crippen LogP) is 2.38. The lowest BCUT2D eigenvalue weighted by molar-refractivity contribution is -0.110. The Morgan fingerprint density at radius 3 is 2.65 bits per heavy atom. The molecule has 2 aromatic rings. The Bertz CT molecular complexity index is 826. The number of amides is 1. The molecule has 1 aliphatic heterocycles. The van der Waals surface area contributed by atoms with Crippen molar-refractivity contribution in [1.82, 2.24) is 0 Å². The summed E-state index contributed by atoms with van der Waals surface area (Å²) in [7, 11) is 0. The minimum absolute atomic E-state index is 0.0713. The molecular formula is C19H18N2O2. The van der Waals surface area contributed by atoms with Crippen LogP contribution >= 0.6 is 0 Å². The molecule has 0 aromatic heterocycles. The Kier molecular flexibility index (Phi) is 3.20. The topological polar surface area (TPSA) is 75.3 Å². The second-order valence-corrected chi connectivity index (χ2v) is 6.25. The van der Waals surface area contributed by atoms with Gasteiger partial charge in [-0.1, -0.05) is 30.3 Å². The lowest BCUT2D eigenvalue weighted by atomic mass is 9.80. The molecule has 0 saturated carbocycles. The SMILES string of the molecule is Nc1ccc2c(c1)C(=CC1Cc3ccccc3CC1O)C(=O)N2. The molecule has 4 rings (SSSR count). The number of nitrogens with one attached hydrogen (secondary N) is 1. The fraction of sp³-hybridized carbons (Fsp3) is 0.211. The van der Waals surface area contributed by atoms with Gasteiger partial charge in [0.05, 0.1) is 6.10 Å². The van der Waals surface area contributed by atoms with E-state index in [9.17, 15) is 9.90 Å². The van der Waals surface area contributed by atoms with E-state index in [4.69, 9.17) is 5.73 Å². The molecule has 2 atom stereocenters. The van der Waals surface area contributed by atoms with Crippen molar-refractivity contribution in [2.75, 3.05) is 11.1 Å². The zero-order valence-electron chi connectivity index (χ0n) is 12.6. The Morgan fingerprint density at radius 2 is 1.87 bits per heavy atom. The van der Waals surface area contributed by atoms with Crippen molar-refractivity contribution in [2.24, 2.45) is 5.92 Å². The van der Waals surface area contributed by atoms with E-state index in [1.165, 1.54) is 11.1 Å². The van der Waals surface area contributed by atoms with E-state index in [0.717, 1.165) is 17.7 Å². The quantitative estimate of drug-likeness (QED) is 0.559. The van der Waals surface area contributed by atoms with Gasteiger partial charge in [-0.25, -0.2) is 0 Å². The molecule has 23 heavy (non-hydrogen) atoms. The number of fused-ring (bicyclic) bond motifs is 2. The third-order valence-electron chi connectivity index (χ3n) is 4.70. The van der Waals surface area contributed by atoms with Crippen molar-refractivity contribution in [3.8, 4) is 0 Å². The number of nitrogens with two attached hydrogens (primary N) is 1. The number of carbonyl (C=O) groups is 1. The van der Waals surface area contributed by atoms with Crippen LogP contribution in [0, 0.1) is 5.92 Å². The summed E-state index contributed by atoms with van der Waals surface area (Å²) in [5.41, 5.74) is 11.1. The summed E-state index contributed by atoms with van der Waals surface area (Å²) in [5.74, 6) is -0.199. The maximum absolute atomic E-state index is 12.3. The molecule has 0 saturated heterocycles. The molecule has 4 nitrogen and oxygen atoms in total. The highest BCUT2D eigenvalue weighted by Gasteiger charge is 2.30. The van der Waals surface area contributed by atoms with Gasteiger partial charge in [-0.15, -0.1) is 0 Å². The van der Waals surface area contributed by atoms with Crippen molar-refractivity contribution in [3.63, 3.8) is 0 Å². The second-order valence-electron chi connectivity index (χ2n) is 6.25. The van der Waals surface area contributed by atoms with Gasteiger partial charge in [-0.05, 0) is 42.2 Å². The van der Waals surface area contributed by atoms with Gasteiger partial charge < -0.3 is 16.2 Å². The van der Waals surface area contributed by atoms with Crippen LogP contribution in [0.15, 0.2) is 48.5 Å². The Morgan fingerprint density at radius 1 is 1.13 bits per heavy atom. The van der Waals surface area contributed by atoms with Gasteiger partial charge in [0.25, 0.3) is 5.91 Å². The molecule has 0 fully saturated rings. The predicted molar refractivity (Wildman–Crippen MR) is 90.8 cm³/mol. The van der Waals surface area contributed by atoms with Gasteiger partial charge in [0.15, 0.2) is 0 Å². The molecule has 1 amide bonds. The average Bonchev–Trinajstić information content (AvgIpc) is 2.83. The number of benzene rings is 2. The van der Waals surface area contributed by atoms with Crippen LogP contribution in [0.1, 0.15) is 16.7 Å². The van der Waals surface area contributed by atoms with E-state index in [2.05, 4.69) is 17.4 Å². The van der Waals surface area contributed by atoms with E-state index < -0.39 is 6.10 Å². The summed E-state index contributed by atoms with van der Waals surface area (Å²) < 4.78 is 0. The molecule has 2 unspecified atom stereocenters. The first kappa shape index (κ1) is 14.0. The second kappa shape index (κ2) is 5.25. The number of hydrogen-bond donors (Lipinski definition) is 3. The Labute approximate surface area is 134 Å². The van der Waals surface area contributed by atoms with E-state index in [-0.39, 0.29) is 11.8 Å². The summed E-state index contributed by atoms with van der Waals surface area (Å²) in [5, 5.41) is 13.3. The highest BCUT2D eigenvalue weighted by molar-refractivity contribution is 6.31. The summed E-state index contributed by atoms with van der Waals surface area (Å²) in [6.07, 6.45) is 2.79. The van der Waals surface area contributed by atoms with Crippen molar-refractivity contribution in [3.05, 3.63) is 65.2 Å². The van der Waals surface area contributed by atoms with Crippen LogP contribution in [0.3, 0.4) is 0 Å². The van der Waals surface area contributed by atoms with Crippen molar-refractivity contribution in [1.29, 1.82) is 0 Å². The van der Waals surface area contributed by atoms with Crippen molar-refractivity contribution >= 4 is 22.9 Å². The van der Waals surface area contributed by atoms with Crippen LogP contribution in [0.2, 0.25) is 0 Å².